The Morgan fingerprint density at radius 3 is 2.87 bits per heavy atom. The van der Waals surface area contributed by atoms with Gasteiger partial charge in [0.25, 0.3) is 0 Å². The summed E-state index contributed by atoms with van der Waals surface area (Å²) in [7, 11) is 1.75. The van der Waals surface area contributed by atoms with Crippen molar-refractivity contribution < 1.29 is 4.74 Å². The first kappa shape index (κ1) is 15.2. The van der Waals surface area contributed by atoms with Crippen LogP contribution in [0.1, 0.15) is 43.9 Å². The van der Waals surface area contributed by atoms with Gasteiger partial charge in [-0.2, -0.15) is 9.61 Å². The van der Waals surface area contributed by atoms with Crippen LogP contribution in [0.4, 0.5) is 5.82 Å². The first-order valence-corrected chi connectivity index (χ1v) is 8.62. The van der Waals surface area contributed by atoms with Gasteiger partial charge in [0.05, 0.1) is 11.9 Å². The zero-order valence-electron chi connectivity index (χ0n) is 13.2. The van der Waals surface area contributed by atoms with Gasteiger partial charge in [-0.15, -0.1) is 0 Å². The number of nitrogens with two attached hydrogens (primary N) is 1. The molecule has 2 aliphatic carbocycles. The van der Waals surface area contributed by atoms with Crippen LogP contribution in [0.3, 0.4) is 0 Å². The number of halogens is 1. The van der Waals surface area contributed by atoms with Crippen LogP contribution in [0.2, 0.25) is 5.02 Å². The van der Waals surface area contributed by atoms with Crippen LogP contribution in [0.15, 0.2) is 12.3 Å². The van der Waals surface area contributed by atoms with Crippen molar-refractivity contribution in [3.63, 3.8) is 0 Å². The van der Waals surface area contributed by atoms with Gasteiger partial charge in [-0.05, 0) is 38.0 Å². The molecule has 2 saturated carbocycles. The molecule has 4 rings (SSSR count). The smallest absolute Gasteiger partial charge is 0.176 e. The molecule has 0 saturated heterocycles. The molecular weight excluding hydrogens is 314 g/mol. The van der Waals surface area contributed by atoms with Crippen molar-refractivity contribution in [3.8, 4) is 0 Å². The highest BCUT2D eigenvalue weighted by molar-refractivity contribution is 6.33. The Morgan fingerprint density at radius 2 is 2.22 bits per heavy atom. The van der Waals surface area contributed by atoms with Crippen molar-refractivity contribution in [3.05, 3.63) is 23.0 Å². The summed E-state index contributed by atoms with van der Waals surface area (Å²) in [5.41, 5.74) is 7.63. The summed E-state index contributed by atoms with van der Waals surface area (Å²) in [5, 5.41) is 8.49. The number of nitrogens with zero attached hydrogens (tertiary/aromatic N) is 3. The maximum absolute atomic E-state index is 6.27. The third-order valence-corrected chi connectivity index (χ3v) is 5.14. The molecular formula is C16H22ClN5O. The zero-order valence-corrected chi connectivity index (χ0v) is 14.0. The first-order valence-electron chi connectivity index (χ1n) is 8.25. The van der Waals surface area contributed by atoms with Crippen LogP contribution in [-0.2, 0) is 4.74 Å². The van der Waals surface area contributed by atoms with Crippen LogP contribution in [0.5, 0.6) is 0 Å². The third kappa shape index (κ3) is 2.91. The second kappa shape index (κ2) is 5.92. The SMILES string of the molecule is COC(c1cc(N[C@H]2CC[C@H](N)C2)n2ncc(Cl)c2n1)C1CC1. The molecule has 2 aliphatic rings. The van der Waals surface area contributed by atoms with Crippen molar-refractivity contribution in [1.29, 1.82) is 0 Å². The molecule has 2 fully saturated rings. The van der Waals surface area contributed by atoms with Gasteiger partial charge in [0.2, 0.25) is 0 Å². The molecule has 124 valence electrons. The van der Waals surface area contributed by atoms with E-state index >= 15 is 0 Å². The fraction of sp³-hybridized carbons (Fsp3) is 0.625. The van der Waals surface area contributed by atoms with Gasteiger partial charge in [-0.1, -0.05) is 11.6 Å². The summed E-state index contributed by atoms with van der Waals surface area (Å²) in [4.78, 5) is 4.70. The van der Waals surface area contributed by atoms with Gasteiger partial charge in [-0.3, -0.25) is 0 Å². The number of anilines is 1. The lowest BCUT2D eigenvalue weighted by Gasteiger charge is -2.19. The topological polar surface area (TPSA) is 77.5 Å². The highest BCUT2D eigenvalue weighted by Gasteiger charge is 2.34. The van der Waals surface area contributed by atoms with Crippen LogP contribution in [0, 0.1) is 5.92 Å². The Bertz CT molecular complexity index is 714. The van der Waals surface area contributed by atoms with Gasteiger partial charge in [0, 0.05) is 25.3 Å². The highest BCUT2D eigenvalue weighted by Crippen LogP contribution is 2.43. The normalized spacial score (nSPS) is 25.9. The van der Waals surface area contributed by atoms with E-state index in [0.717, 1.165) is 30.8 Å². The fourth-order valence-corrected chi connectivity index (χ4v) is 3.68. The lowest BCUT2D eigenvalue weighted by atomic mass is 10.1. The molecule has 7 heteroatoms. The van der Waals surface area contributed by atoms with Crippen molar-refractivity contribution in [1.82, 2.24) is 14.6 Å². The molecule has 23 heavy (non-hydrogen) atoms. The summed E-state index contributed by atoms with van der Waals surface area (Å²) in [6.45, 7) is 0. The lowest BCUT2D eigenvalue weighted by Crippen LogP contribution is -2.22. The zero-order chi connectivity index (χ0) is 16.0. The van der Waals surface area contributed by atoms with Gasteiger partial charge >= 0.3 is 0 Å². The van der Waals surface area contributed by atoms with E-state index in [-0.39, 0.29) is 12.1 Å². The molecule has 0 radical (unpaired) electrons. The number of fused-ring (bicyclic) bond motifs is 1. The Balaban J connectivity index is 1.72. The van der Waals surface area contributed by atoms with Crippen molar-refractivity contribution in [2.24, 2.45) is 11.7 Å². The lowest BCUT2D eigenvalue weighted by molar-refractivity contribution is 0.0812. The predicted molar refractivity (Wildman–Crippen MR) is 89.7 cm³/mol. The Kier molecular flexibility index (Phi) is 3.91. The largest absolute Gasteiger partial charge is 0.375 e. The van der Waals surface area contributed by atoms with E-state index in [1.165, 1.54) is 12.8 Å². The Hall–Kier alpha value is -1.37. The number of nitrogens with one attached hydrogen (secondary N) is 1. The van der Waals surface area contributed by atoms with E-state index in [2.05, 4.69) is 10.4 Å². The summed E-state index contributed by atoms with van der Waals surface area (Å²) >= 11 is 6.27. The maximum Gasteiger partial charge on any atom is 0.176 e. The standard InChI is InChI=1S/C16H22ClN5O/c1-23-15(9-2-3-9)13-7-14(20-11-5-4-10(18)6-11)22-16(21-13)12(17)8-19-22/h7-11,15,20H,2-6,18H2,1H3/t10-,11-,15?/m0/s1. The third-order valence-electron chi connectivity index (χ3n) is 4.87. The second-order valence-electron chi connectivity index (χ2n) is 6.70. The van der Waals surface area contributed by atoms with Gasteiger partial charge in [0.1, 0.15) is 16.9 Å². The van der Waals surface area contributed by atoms with Crippen molar-refractivity contribution >= 4 is 23.1 Å². The van der Waals surface area contributed by atoms with E-state index < -0.39 is 0 Å². The van der Waals surface area contributed by atoms with Gasteiger partial charge in [0.15, 0.2) is 5.65 Å². The van der Waals surface area contributed by atoms with Crippen LogP contribution in [0.25, 0.3) is 5.65 Å². The first-order chi connectivity index (χ1) is 11.2. The van der Waals surface area contributed by atoms with Gasteiger partial charge < -0.3 is 15.8 Å². The molecule has 0 amide bonds. The molecule has 0 aliphatic heterocycles. The summed E-state index contributed by atoms with van der Waals surface area (Å²) < 4.78 is 7.46. The highest BCUT2D eigenvalue weighted by atomic mass is 35.5. The molecule has 2 aromatic rings. The summed E-state index contributed by atoms with van der Waals surface area (Å²) in [5.74, 6) is 1.48. The van der Waals surface area contributed by atoms with Crippen LogP contribution >= 0.6 is 11.6 Å². The van der Waals surface area contributed by atoms with E-state index in [0.29, 0.717) is 22.6 Å². The van der Waals surface area contributed by atoms with E-state index in [4.69, 9.17) is 27.1 Å². The Labute approximate surface area is 140 Å². The number of hydrogen-bond acceptors (Lipinski definition) is 5. The number of hydrogen-bond donors (Lipinski definition) is 2. The maximum atomic E-state index is 6.27. The molecule has 3 N–H and O–H groups in total. The van der Waals surface area contributed by atoms with Crippen molar-refractivity contribution in [2.45, 2.75) is 50.3 Å². The number of ether oxygens (including phenoxy) is 1. The fourth-order valence-electron chi connectivity index (χ4n) is 3.51. The molecule has 1 unspecified atom stereocenters. The number of aromatic nitrogens is 3. The molecule has 0 bridgehead atoms. The number of methoxy groups -OCH3 is 1. The van der Waals surface area contributed by atoms with Crippen LogP contribution < -0.4 is 11.1 Å². The minimum absolute atomic E-state index is 0.0253. The average Bonchev–Trinajstić information content (AvgIpc) is 3.18. The summed E-state index contributed by atoms with van der Waals surface area (Å²) in [6, 6.07) is 2.70. The molecule has 2 heterocycles. The molecule has 6 nitrogen and oxygen atoms in total. The minimum atomic E-state index is 0.0253. The quantitative estimate of drug-likeness (QED) is 0.878. The second-order valence-corrected chi connectivity index (χ2v) is 7.11. The Morgan fingerprint density at radius 1 is 1.39 bits per heavy atom. The van der Waals surface area contributed by atoms with E-state index in [1.54, 1.807) is 17.8 Å². The summed E-state index contributed by atoms with van der Waals surface area (Å²) in [6.07, 6.45) is 7.16. The molecule has 0 aromatic carbocycles. The van der Waals surface area contributed by atoms with Crippen LogP contribution in [-0.4, -0.2) is 33.8 Å². The molecule has 2 aromatic heterocycles. The van der Waals surface area contributed by atoms with E-state index in [9.17, 15) is 0 Å². The van der Waals surface area contributed by atoms with Gasteiger partial charge in [-0.25, -0.2) is 4.98 Å². The predicted octanol–water partition coefficient (Wildman–Crippen LogP) is 2.77. The van der Waals surface area contributed by atoms with E-state index in [1.807, 2.05) is 6.07 Å². The van der Waals surface area contributed by atoms with Crippen molar-refractivity contribution in [2.75, 3.05) is 12.4 Å². The molecule has 0 spiro atoms. The minimum Gasteiger partial charge on any atom is -0.375 e. The average molecular weight is 336 g/mol. The monoisotopic (exact) mass is 335 g/mol. The molecule has 3 atom stereocenters. The number of rotatable bonds is 5.